The van der Waals surface area contributed by atoms with E-state index in [-0.39, 0.29) is 5.82 Å². The number of benzene rings is 1. The molecule has 1 unspecified atom stereocenters. The van der Waals surface area contributed by atoms with Crippen LogP contribution < -0.4 is 5.32 Å². The largest absolute Gasteiger partial charge is 0.293 e. The third-order valence-electron chi connectivity index (χ3n) is 2.41. The molecule has 4 heteroatoms. The first-order valence-corrected chi connectivity index (χ1v) is 6.09. The zero-order chi connectivity index (χ0) is 12.1. The molecule has 2 rings (SSSR count). The van der Waals surface area contributed by atoms with E-state index in [0.29, 0.717) is 12.1 Å². The minimum Gasteiger partial charge on any atom is -0.293 e. The van der Waals surface area contributed by atoms with E-state index in [1.165, 1.54) is 6.07 Å². The van der Waals surface area contributed by atoms with Gasteiger partial charge in [0.05, 0.1) is 6.07 Å². The van der Waals surface area contributed by atoms with Crippen LogP contribution in [0.5, 0.6) is 0 Å². The van der Waals surface area contributed by atoms with Gasteiger partial charge in [-0.3, -0.25) is 5.32 Å². The number of hydrogen-bond donors (Lipinski definition) is 1. The Morgan fingerprint density at radius 3 is 2.76 bits per heavy atom. The summed E-state index contributed by atoms with van der Waals surface area (Å²) in [5.41, 5.74) is 0.395. The van der Waals surface area contributed by atoms with E-state index in [0.717, 1.165) is 4.88 Å². The second kappa shape index (κ2) is 5.58. The van der Waals surface area contributed by atoms with Crippen LogP contribution in [0.2, 0.25) is 0 Å². The molecule has 0 aliphatic carbocycles. The van der Waals surface area contributed by atoms with E-state index >= 15 is 0 Å². The van der Waals surface area contributed by atoms with Gasteiger partial charge in [0.15, 0.2) is 0 Å². The minimum absolute atomic E-state index is 0.349. The van der Waals surface area contributed by atoms with Gasteiger partial charge >= 0.3 is 0 Å². The first-order valence-electron chi connectivity index (χ1n) is 5.21. The normalized spacial score (nSPS) is 12.0. The van der Waals surface area contributed by atoms with Crippen molar-refractivity contribution in [2.75, 3.05) is 0 Å². The Morgan fingerprint density at radius 1 is 1.29 bits per heavy atom. The predicted molar refractivity (Wildman–Crippen MR) is 65.9 cm³/mol. The summed E-state index contributed by atoms with van der Waals surface area (Å²) >= 11 is 1.61. The molecule has 2 aromatic rings. The summed E-state index contributed by atoms with van der Waals surface area (Å²) in [4.78, 5) is 1.13. The molecule has 0 aliphatic heterocycles. The molecule has 1 aromatic carbocycles. The van der Waals surface area contributed by atoms with Crippen molar-refractivity contribution >= 4 is 11.3 Å². The second-order valence-corrected chi connectivity index (χ2v) is 4.58. The molecule has 17 heavy (non-hydrogen) atoms. The SMILES string of the molecule is N#CC(NCc1cccs1)c1ccccc1F. The predicted octanol–water partition coefficient (Wildman–Crippen LogP) is 3.24. The zero-order valence-corrected chi connectivity index (χ0v) is 9.88. The number of nitriles is 1. The summed E-state index contributed by atoms with van der Waals surface area (Å²) < 4.78 is 13.5. The molecule has 86 valence electrons. The minimum atomic E-state index is -0.613. The van der Waals surface area contributed by atoms with E-state index in [4.69, 9.17) is 5.26 Å². The van der Waals surface area contributed by atoms with Crippen molar-refractivity contribution in [1.29, 1.82) is 5.26 Å². The monoisotopic (exact) mass is 246 g/mol. The van der Waals surface area contributed by atoms with Crippen LogP contribution in [0.25, 0.3) is 0 Å². The lowest BCUT2D eigenvalue weighted by atomic mass is 10.1. The summed E-state index contributed by atoms with van der Waals surface area (Å²) in [5.74, 6) is -0.349. The zero-order valence-electron chi connectivity index (χ0n) is 9.06. The molecule has 0 spiro atoms. The molecule has 0 saturated carbocycles. The fraction of sp³-hybridized carbons (Fsp3) is 0.154. The lowest BCUT2D eigenvalue weighted by molar-refractivity contribution is 0.563. The van der Waals surface area contributed by atoms with Crippen molar-refractivity contribution in [3.63, 3.8) is 0 Å². The number of nitrogens with one attached hydrogen (secondary N) is 1. The average Bonchev–Trinajstić information content (AvgIpc) is 2.85. The lowest BCUT2D eigenvalue weighted by Crippen LogP contribution is -2.19. The molecule has 1 N–H and O–H groups in total. The Balaban J connectivity index is 2.08. The van der Waals surface area contributed by atoms with Crippen molar-refractivity contribution in [2.24, 2.45) is 0 Å². The van der Waals surface area contributed by atoms with E-state index in [1.807, 2.05) is 17.5 Å². The van der Waals surface area contributed by atoms with E-state index in [2.05, 4.69) is 11.4 Å². The average molecular weight is 246 g/mol. The number of nitrogens with zero attached hydrogens (tertiary/aromatic N) is 1. The maximum Gasteiger partial charge on any atom is 0.129 e. The van der Waals surface area contributed by atoms with Gasteiger partial charge in [0.25, 0.3) is 0 Å². The maximum atomic E-state index is 13.5. The van der Waals surface area contributed by atoms with Crippen LogP contribution in [-0.2, 0) is 6.54 Å². The summed E-state index contributed by atoms with van der Waals surface area (Å²) in [6.45, 7) is 0.574. The number of rotatable bonds is 4. The van der Waals surface area contributed by atoms with Gasteiger partial charge in [-0.15, -0.1) is 11.3 Å². The first kappa shape index (κ1) is 11.8. The third-order valence-corrected chi connectivity index (χ3v) is 3.28. The van der Waals surface area contributed by atoms with Crippen LogP contribution in [0.4, 0.5) is 4.39 Å². The van der Waals surface area contributed by atoms with Gasteiger partial charge < -0.3 is 0 Å². The summed E-state index contributed by atoms with van der Waals surface area (Å²) in [7, 11) is 0. The fourth-order valence-corrected chi connectivity index (χ4v) is 2.21. The molecule has 1 heterocycles. The van der Waals surface area contributed by atoms with Gasteiger partial charge in [-0.1, -0.05) is 24.3 Å². The summed E-state index contributed by atoms with van der Waals surface area (Å²) in [6, 6.07) is 11.7. The smallest absolute Gasteiger partial charge is 0.129 e. The highest BCUT2D eigenvalue weighted by Gasteiger charge is 2.13. The van der Waals surface area contributed by atoms with Crippen LogP contribution in [0, 0.1) is 17.1 Å². The second-order valence-electron chi connectivity index (χ2n) is 3.54. The molecule has 0 radical (unpaired) electrons. The first-order chi connectivity index (χ1) is 8.31. The molecule has 2 nitrogen and oxygen atoms in total. The quantitative estimate of drug-likeness (QED) is 0.899. The number of thiophene rings is 1. The molecule has 0 aliphatic rings. The van der Waals surface area contributed by atoms with Gasteiger partial charge in [-0.25, -0.2) is 4.39 Å². The van der Waals surface area contributed by atoms with Crippen molar-refractivity contribution in [2.45, 2.75) is 12.6 Å². The van der Waals surface area contributed by atoms with Crippen molar-refractivity contribution in [3.8, 4) is 6.07 Å². The van der Waals surface area contributed by atoms with Gasteiger partial charge in [0.2, 0.25) is 0 Å². The Hall–Kier alpha value is -1.70. The van der Waals surface area contributed by atoms with Crippen LogP contribution in [0.15, 0.2) is 41.8 Å². The Morgan fingerprint density at radius 2 is 2.12 bits per heavy atom. The molecule has 0 amide bonds. The van der Waals surface area contributed by atoms with Gasteiger partial charge in [-0.2, -0.15) is 5.26 Å². The van der Waals surface area contributed by atoms with Crippen LogP contribution >= 0.6 is 11.3 Å². The maximum absolute atomic E-state index is 13.5. The number of halogens is 1. The van der Waals surface area contributed by atoms with Gasteiger partial charge in [0.1, 0.15) is 11.9 Å². The Bertz CT molecular complexity index is 516. The molecule has 0 fully saturated rings. The van der Waals surface area contributed by atoms with E-state index < -0.39 is 6.04 Å². The van der Waals surface area contributed by atoms with Crippen molar-refractivity contribution in [1.82, 2.24) is 5.32 Å². The fourth-order valence-electron chi connectivity index (χ4n) is 1.55. The molecular weight excluding hydrogens is 235 g/mol. The van der Waals surface area contributed by atoms with Crippen LogP contribution in [0.1, 0.15) is 16.5 Å². The molecule has 0 bridgehead atoms. The highest BCUT2D eigenvalue weighted by Crippen LogP contribution is 2.17. The summed E-state index contributed by atoms with van der Waals surface area (Å²) in [5, 5.41) is 14.1. The molecule has 1 atom stereocenters. The summed E-state index contributed by atoms with van der Waals surface area (Å²) in [6.07, 6.45) is 0. The van der Waals surface area contributed by atoms with Crippen molar-refractivity contribution in [3.05, 3.63) is 58.0 Å². The lowest BCUT2D eigenvalue weighted by Gasteiger charge is -2.11. The standard InChI is InChI=1S/C13H11FN2S/c14-12-6-2-1-5-11(12)13(8-15)16-9-10-4-3-7-17-10/h1-7,13,16H,9H2. The number of hydrogen-bond acceptors (Lipinski definition) is 3. The topological polar surface area (TPSA) is 35.8 Å². The van der Waals surface area contributed by atoms with Crippen molar-refractivity contribution < 1.29 is 4.39 Å². The Labute approximate surface area is 103 Å². The van der Waals surface area contributed by atoms with Crippen LogP contribution in [-0.4, -0.2) is 0 Å². The van der Waals surface area contributed by atoms with Gasteiger partial charge in [-0.05, 0) is 17.5 Å². The molecule has 1 aromatic heterocycles. The highest BCUT2D eigenvalue weighted by atomic mass is 32.1. The molecule has 0 saturated heterocycles. The van der Waals surface area contributed by atoms with Crippen LogP contribution in [0.3, 0.4) is 0 Å². The Kier molecular flexibility index (Phi) is 3.86. The van der Waals surface area contributed by atoms with E-state index in [1.54, 1.807) is 29.5 Å². The van der Waals surface area contributed by atoms with Gasteiger partial charge in [0, 0.05) is 17.0 Å². The van der Waals surface area contributed by atoms with E-state index in [9.17, 15) is 4.39 Å². The third kappa shape index (κ3) is 2.90. The molecular formula is C13H11FN2S. The highest BCUT2D eigenvalue weighted by molar-refractivity contribution is 7.09.